The van der Waals surface area contributed by atoms with Crippen molar-refractivity contribution in [3.63, 3.8) is 0 Å². The first-order valence-electron chi connectivity index (χ1n) is 9.00. The van der Waals surface area contributed by atoms with Crippen molar-refractivity contribution in [3.8, 4) is 16.9 Å². The summed E-state index contributed by atoms with van der Waals surface area (Å²) in [4.78, 5) is 14.1. The number of ether oxygens (including phenoxy) is 1. The van der Waals surface area contributed by atoms with Gasteiger partial charge < -0.3 is 9.64 Å². The Morgan fingerprint density at radius 3 is 2.36 bits per heavy atom. The molecule has 0 fully saturated rings. The normalized spacial score (nSPS) is 10.6. The molecule has 0 spiro atoms. The predicted octanol–water partition coefficient (Wildman–Crippen LogP) is 3.95. The van der Waals surface area contributed by atoms with Crippen molar-refractivity contribution in [2.75, 3.05) is 25.6 Å². The van der Waals surface area contributed by atoms with Crippen LogP contribution in [0.25, 0.3) is 11.1 Å². The number of anilines is 1. The van der Waals surface area contributed by atoms with Gasteiger partial charge in [0.1, 0.15) is 5.75 Å². The number of amides is 1. The van der Waals surface area contributed by atoms with Crippen LogP contribution in [0.2, 0.25) is 0 Å². The molecule has 0 bridgehead atoms. The van der Waals surface area contributed by atoms with E-state index in [9.17, 15) is 4.79 Å². The SMILES string of the molecule is CN(C)c1ccc(/C=N/NC(=O)COc2ccccc2-c2ccccc2)cc1. The van der Waals surface area contributed by atoms with Crippen LogP contribution in [0.1, 0.15) is 5.56 Å². The predicted molar refractivity (Wildman–Crippen MR) is 114 cm³/mol. The van der Waals surface area contributed by atoms with E-state index in [-0.39, 0.29) is 12.5 Å². The van der Waals surface area contributed by atoms with Crippen LogP contribution in [0.15, 0.2) is 84.0 Å². The third-order valence-electron chi connectivity index (χ3n) is 4.14. The second-order valence-corrected chi connectivity index (χ2v) is 6.43. The number of para-hydroxylation sites is 1. The van der Waals surface area contributed by atoms with Gasteiger partial charge in [0.2, 0.25) is 0 Å². The Balaban J connectivity index is 1.55. The zero-order valence-corrected chi connectivity index (χ0v) is 16.0. The molecule has 1 amide bonds. The summed E-state index contributed by atoms with van der Waals surface area (Å²) in [5, 5.41) is 3.99. The van der Waals surface area contributed by atoms with Crippen molar-refractivity contribution in [1.82, 2.24) is 5.43 Å². The molecule has 5 nitrogen and oxygen atoms in total. The maximum Gasteiger partial charge on any atom is 0.277 e. The Morgan fingerprint density at radius 1 is 0.964 bits per heavy atom. The van der Waals surface area contributed by atoms with Crippen molar-refractivity contribution in [1.29, 1.82) is 0 Å². The maximum absolute atomic E-state index is 12.0. The highest BCUT2D eigenvalue weighted by molar-refractivity contribution is 5.83. The van der Waals surface area contributed by atoms with E-state index in [4.69, 9.17) is 4.74 Å². The van der Waals surface area contributed by atoms with Gasteiger partial charge in [0, 0.05) is 25.3 Å². The molecule has 0 heterocycles. The lowest BCUT2D eigenvalue weighted by Gasteiger charge is -2.11. The number of rotatable bonds is 7. The summed E-state index contributed by atoms with van der Waals surface area (Å²) in [7, 11) is 3.97. The van der Waals surface area contributed by atoms with Gasteiger partial charge in [-0.25, -0.2) is 5.43 Å². The van der Waals surface area contributed by atoms with Crippen LogP contribution in [0.3, 0.4) is 0 Å². The molecule has 0 aromatic heterocycles. The smallest absolute Gasteiger partial charge is 0.277 e. The van der Waals surface area contributed by atoms with Crippen molar-refractivity contribution in [3.05, 3.63) is 84.4 Å². The van der Waals surface area contributed by atoms with Crippen LogP contribution >= 0.6 is 0 Å². The third kappa shape index (κ3) is 5.20. The average molecular weight is 373 g/mol. The number of nitrogens with one attached hydrogen (secondary N) is 1. The van der Waals surface area contributed by atoms with Gasteiger partial charge in [-0.05, 0) is 29.3 Å². The fourth-order valence-corrected chi connectivity index (χ4v) is 2.66. The highest BCUT2D eigenvalue weighted by atomic mass is 16.5. The molecular formula is C23H23N3O2. The lowest BCUT2D eigenvalue weighted by molar-refractivity contribution is -0.123. The summed E-state index contributed by atoms with van der Waals surface area (Å²) in [6.45, 7) is -0.110. The van der Waals surface area contributed by atoms with Gasteiger partial charge in [0.05, 0.1) is 6.21 Å². The quantitative estimate of drug-likeness (QED) is 0.504. The van der Waals surface area contributed by atoms with E-state index < -0.39 is 0 Å². The summed E-state index contributed by atoms with van der Waals surface area (Å²) in [5.41, 5.74) is 6.48. The minimum atomic E-state index is -0.316. The maximum atomic E-state index is 12.0. The topological polar surface area (TPSA) is 53.9 Å². The van der Waals surface area contributed by atoms with Crippen LogP contribution in [0, 0.1) is 0 Å². The van der Waals surface area contributed by atoms with Gasteiger partial charge in [0.15, 0.2) is 6.61 Å². The minimum absolute atomic E-state index is 0.110. The van der Waals surface area contributed by atoms with Gasteiger partial charge in [-0.3, -0.25) is 4.79 Å². The first kappa shape index (κ1) is 19.2. The lowest BCUT2D eigenvalue weighted by Crippen LogP contribution is -2.24. The molecule has 5 heteroatoms. The van der Waals surface area contributed by atoms with Gasteiger partial charge in [-0.2, -0.15) is 5.10 Å². The molecule has 3 aromatic rings. The molecule has 0 saturated carbocycles. The van der Waals surface area contributed by atoms with Gasteiger partial charge >= 0.3 is 0 Å². The fourth-order valence-electron chi connectivity index (χ4n) is 2.66. The number of carbonyl (C=O) groups is 1. The molecule has 3 rings (SSSR count). The summed E-state index contributed by atoms with van der Waals surface area (Å²) in [6, 6.07) is 25.4. The summed E-state index contributed by atoms with van der Waals surface area (Å²) < 4.78 is 5.71. The fraction of sp³-hybridized carbons (Fsp3) is 0.130. The first-order chi connectivity index (χ1) is 13.6. The number of hydrogen-bond acceptors (Lipinski definition) is 4. The van der Waals surface area contributed by atoms with Gasteiger partial charge in [-0.15, -0.1) is 0 Å². The Bertz CT molecular complexity index is 936. The van der Waals surface area contributed by atoms with Crippen molar-refractivity contribution < 1.29 is 9.53 Å². The zero-order valence-electron chi connectivity index (χ0n) is 16.0. The molecule has 0 aliphatic carbocycles. The van der Waals surface area contributed by atoms with E-state index in [0.717, 1.165) is 22.4 Å². The largest absolute Gasteiger partial charge is 0.483 e. The zero-order chi connectivity index (χ0) is 19.8. The van der Waals surface area contributed by atoms with Gasteiger partial charge in [0.25, 0.3) is 5.91 Å². The number of hydrazone groups is 1. The van der Waals surface area contributed by atoms with Crippen LogP contribution in [-0.2, 0) is 4.79 Å². The van der Waals surface area contributed by atoms with Crippen LogP contribution < -0.4 is 15.1 Å². The first-order valence-corrected chi connectivity index (χ1v) is 9.00. The second-order valence-electron chi connectivity index (χ2n) is 6.43. The molecule has 3 aromatic carbocycles. The molecule has 0 unspecified atom stereocenters. The van der Waals surface area contributed by atoms with E-state index in [0.29, 0.717) is 5.75 Å². The monoisotopic (exact) mass is 373 g/mol. The Hall–Kier alpha value is -3.60. The molecule has 0 aliphatic heterocycles. The molecule has 142 valence electrons. The van der Waals surface area contributed by atoms with E-state index in [1.807, 2.05) is 97.9 Å². The Kier molecular flexibility index (Phi) is 6.41. The van der Waals surface area contributed by atoms with Crippen LogP contribution in [-0.4, -0.2) is 32.8 Å². The summed E-state index contributed by atoms with van der Waals surface area (Å²) in [6.07, 6.45) is 1.61. The number of nitrogens with zero attached hydrogens (tertiary/aromatic N) is 2. The second kappa shape index (κ2) is 9.37. The number of carbonyl (C=O) groups excluding carboxylic acids is 1. The third-order valence-corrected chi connectivity index (χ3v) is 4.14. The van der Waals surface area contributed by atoms with E-state index in [1.165, 1.54) is 0 Å². The highest BCUT2D eigenvalue weighted by Crippen LogP contribution is 2.29. The summed E-state index contributed by atoms with van der Waals surface area (Å²) in [5.74, 6) is 0.344. The Labute approximate surface area is 165 Å². The van der Waals surface area contributed by atoms with Crippen molar-refractivity contribution >= 4 is 17.8 Å². The lowest BCUT2D eigenvalue weighted by atomic mass is 10.1. The number of hydrogen-bond donors (Lipinski definition) is 1. The molecule has 0 atom stereocenters. The van der Waals surface area contributed by atoms with E-state index in [1.54, 1.807) is 6.21 Å². The average Bonchev–Trinajstić information content (AvgIpc) is 2.73. The van der Waals surface area contributed by atoms with Crippen LogP contribution in [0.5, 0.6) is 5.75 Å². The molecular weight excluding hydrogens is 350 g/mol. The highest BCUT2D eigenvalue weighted by Gasteiger charge is 2.07. The summed E-state index contributed by atoms with van der Waals surface area (Å²) >= 11 is 0. The minimum Gasteiger partial charge on any atom is -0.483 e. The molecule has 0 saturated heterocycles. The van der Waals surface area contributed by atoms with E-state index >= 15 is 0 Å². The number of benzene rings is 3. The Morgan fingerprint density at radius 2 is 1.64 bits per heavy atom. The molecule has 0 radical (unpaired) electrons. The van der Waals surface area contributed by atoms with Gasteiger partial charge in [-0.1, -0.05) is 60.7 Å². The standard InChI is InChI=1S/C23H23N3O2/c1-26(2)20-14-12-18(13-15-20)16-24-25-23(27)17-28-22-11-7-6-10-21(22)19-8-4-3-5-9-19/h3-16H,17H2,1-2H3,(H,25,27)/b24-16+. The molecule has 0 aliphatic rings. The van der Waals surface area contributed by atoms with E-state index in [2.05, 4.69) is 10.5 Å². The van der Waals surface area contributed by atoms with Crippen molar-refractivity contribution in [2.45, 2.75) is 0 Å². The molecule has 1 N–H and O–H groups in total. The van der Waals surface area contributed by atoms with Crippen molar-refractivity contribution in [2.24, 2.45) is 5.10 Å². The molecule has 28 heavy (non-hydrogen) atoms. The van der Waals surface area contributed by atoms with Crippen LogP contribution in [0.4, 0.5) is 5.69 Å².